The van der Waals surface area contributed by atoms with Crippen LogP contribution in [0.25, 0.3) is 0 Å². The van der Waals surface area contributed by atoms with E-state index >= 15 is 0 Å². The first kappa shape index (κ1) is 16.6. The molecule has 1 aliphatic heterocycles. The Bertz CT molecular complexity index is 563. The van der Waals surface area contributed by atoms with E-state index in [0.717, 1.165) is 19.3 Å². The minimum atomic E-state index is -0.248. The topological polar surface area (TPSA) is 60.8 Å². The van der Waals surface area contributed by atoms with Gasteiger partial charge in [-0.15, -0.1) is 0 Å². The maximum atomic E-state index is 12.6. The van der Waals surface area contributed by atoms with Crippen LogP contribution in [0.1, 0.15) is 43.5 Å². The monoisotopic (exact) mass is 303 g/mol. The van der Waals surface area contributed by atoms with Crippen LogP contribution in [0.4, 0.5) is 0 Å². The van der Waals surface area contributed by atoms with E-state index in [0.29, 0.717) is 18.7 Å². The van der Waals surface area contributed by atoms with Crippen molar-refractivity contribution in [3.8, 4) is 5.75 Å². The summed E-state index contributed by atoms with van der Waals surface area (Å²) in [6, 6.07) is 6.44. The Hall–Kier alpha value is -1.81. The summed E-state index contributed by atoms with van der Waals surface area (Å²) in [5, 5.41) is 19.4. The van der Waals surface area contributed by atoms with Crippen molar-refractivity contribution < 1.29 is 15.0 Å². The van der Waals surface area contributed by atoms with E-state index in [4.69, 9.17) is 0 Å². The highest BCUT2D eigenvalue weighted by molar-refractivity contribution is 5.94. The molecule has 2 N–H and O–H groups in total. The Balaban J connectivity index is 2.15. The number of nitrogens with zero attached hydrogens (tertiary/aromatic N) is 1. The predicted molar refractivity (Wildman–Crippen MR) is 86.8 cm³/mol. The molecule has 1 heterocycles. The molecule has 1 amide bonds. The molecule has 0 bridgehead atoms. The number of carbonyl (C=O) groups is 1. The number of benzene rings is 1. The molecule has 1 aromatic carbocycles. The van der Waals surface area contributed by atoms with Gasteiger partial charge in [0.25, 0.3) is 5.91 Å². The second-order valence-corrected chi connectivity index (χ2v) is 6.52. The maximum Gasteiger partial charge on any atom is 0.254 e. The van der Waals surface area contributed by atoms with E-state index in [1.54, 1.807) is 23.1 Å². The normalized spacial score (nSPS) is 21.5. The van der Waals surface area contributed by atoms with Crippen LogP contribution in [0.3, 0.4) is 0 Å². The Morgan fingerprint density at radius 2 is 2.18 bits per heavy atom. The number of phenols is 1. The molecule has 0 aliphatic carbocycles. The van der Waals surface area contributed by atoms with Gasteiger partial charge in [0, 0.05) is 24.1 Å². The summed E-state index contributed by atoms with van der Waals surface area (Å²) in [6.07, 6.45) is 4.74. The van der Waals surface area contributed by atoms with E-state index in [1.807, 2.05) is 13.8 Å². The number of piperidine rings is 1. The smallest absolute Gasteiger partial charge is 0.254 e. The summed E-state index contributed by atoms with van der Waals surface area (Å²) in [7, 11) is 0. The third-order valence-electron chi connectivity index (χ3n) is 4.32. The molecule has 0 spiro atoms. The van der Waals surface area contributed by atoms with Gasteiger partial charge in [-0.05, 0) is 51.3 Å². The zero-order valence-corrected chi connectivity index (χ0v) is 13.4. The predicted octanol–water partition coefficient (Wildman–Crippen LogP) is 2.96. The molecule has 1 atom stereocenters. The molecule has 1 fully saturated rings. The van der Waals surface area contributed by atoms with E-state index in [-0.39, 0.29) is 23.7 Å². The number of rotatable bonds is 4. The fourth-order valence-corrected chi connectivity index (χ4v) is 2.98. The highest BCUT2D eigenvalue weighted by Gasteiger charge is 2.36. The minimum absolute atomic E-state index is 0.0781. The summed E-state index contributed by atoms with van der Waals surface area (Å²) < 4.78 is 0. The van der Waals surface area contributed by atoms with Crippen molar-refractivity contribution in [3.63, 3.8) is 0 Å². The van der Waals surface area contributed by atoms with Crippen LogP contribution in [0.15, 0.2) is 35.9 Å². The Labute approximate surface area is 132 Å². The van der Waals surface area contributed by atoms with Crippen LogP contribution >= 0.6 is 0 Å². The molecule has 0 aromatic heterocycles. The highest BCUT2D eigenvalue weighted by atomic mass is 16.3. The summed E-state index contributed by atoms with van der Waals surface area (Å²) in [5.74, 6) is 0.0199. The summed E-state index contributed by atoms with van der Waals surface area (Å²) in [4.78, 5) is 14.4. The lowest BCUT2D eigenvalue weighted by Gasteiger charge is -2.41. The standard InChI is InChI=1S/C18H25NO3/c1-14(2)7-9-18(13-20)8-4-10-19(12-18)17(22)15-5-3-6-16(21)11-15/h3,5-7,11,20-21H,4,8-10,12-13H2,1-2H3/t18-/m0/s1. The number of phenolic OH excluding ortho intramolecular Hbond substituents is 1. The van der Waals surface area contributed by atoms with Crippen molar-refractivity contribution in [2.75, 3.05) is 19.7 Å². The molecular formula is C18H25NO3. The first-order valence-electron chi connectivity index (χ1n) is 7.78. The number of aromatic hydroxyl groups is 1. The van der Waals surface area contributed by atoms with Gasteiger partial charge < -0.3 is 15.1 Å². The first-order chi connectivity index (χ1) is 10.5. The molecule has 1 saturated heterocycles. The van der Waals surface area contributed by atoms with Gasteiger partial charge in [0.1, 0.15) is 5.75 Å². The van der Waals surface area contributed by atoms with Crippen LogP contribution in [0.2, 0.25) is 0 Å². The second-order valence-electron chi connectivity index (χ2n) is 6.52. The van der Waals surface area contributed by atoms with E-state index in [1.165, 1.54) is 11.6 Å². The number of amides is 1. The van der Waals surface area contributed by atoms with Gasteiger partial charge in [0.15, 0.2) is 0 Å². The molecule has 0 saturated carbocycles. The van der Waals surface area contributed by atoms with Crippen molar-refractivity contribution in [2.24, 2.45) is 5.41 Å². The van der Waals surface area contributed by atoms with Crippen LogP contribution in [0, 0.1) is 5.41 Å². The van der Waals surface area contributed by atoms with Crippen LogP contribution in [-0.4, -0.2) is 40.7 Å². The van der Waals surface area contributed by atoms with Crippen LogP contribution in [0.5, 0.6) is 5.75 Å². The molecule has 4 heteroatoms. The van der Waals surface area contributed by atoms with Crippen molar-refractivity contribution in [1.82, 2.24) is 4.90 Å². The number of hydrogen-bond acceptors (Lipinski definition) is 3. The Kier molecular flexibility index (Phi) is 5.24. The molecule has 1 aromatic rings. The zero-order chi connectivity index (χ0) is 16.2. The van der Waals surface area contributed by atoms with E-state index < -0.39 is 0 Å². The summed E-state index contributed by atoms with van der Waals surface area (Å²) >= 11 is 0. The molecule has 2 rings (SSSR count). The fourth-order valence-electron chi connectivity index (χ4n) is 2.98. The SMILES string of the molecule is CC(C)=CC[C@@]1(CO)CCCN(C(=O)c2cccc(O)c2)C1. The number of hydrogen-bond donors (Lipinski definition) is 2. The van der Waals surface area contributed by atoms with Gasteiger partial charge in [-0.1, -0.05) is 17.7 Å². The van der Waals surface area contributed by atoms with Gasteiger partial charge in [-0.25, -0.2) is 0 Å². The first-order valence-corrected chi connectivity index (χ1v) is 7.78. The van der Waals surface area contributed by atoms with Crippen molar-refractivity contribution in [2.45, 2.75) is 33.1 Å². The molecule has 120 valence electrons. The van der Waals surface area contributed by atoms with Crippen LogP contribution in [-0.2, 0) is 0 Å². The number of allylic oxidation sites excluding steroid dienone is 2. The van der Waals surface area contributed by atoms with Gasteiger partial charge in [-0.3, -0.25) is 4.79 Å². The Morgan fingerprint density at radius 3 is 2.82 bits per heavy atom. The van der Waals surface area contributed by atoms with Gasteiger partial charge >= 0.3 is 0 Å². The quantitative estimate of drug-likeness (QED) is 0.841. The van der Waals surface area contributed by atoms with Crippen LogP contribution < -0.4 is 0 Å². The molecule has 0 radical (unpaired) electrons. The Morgan fingerprint density at radius 1 is 1.41 bits per heavy atom. The minimum Gasteiger partial charge on any atom is -0.508 e. The van der Waals surface area contributed by atoms with Crippen molar-refractivity contribution in [3.05, 3.63) is 41.5 Å². The maximum absolute atomic E-state index is 12.6. The molecule has 4 nitrogen and oxygen atoms in total. The average Bonchev–Trinajstić information content (AvgIpc) is 2.52. The zero-order valence-electron chi connectivity index (χ0n) is 13.4. The van der Waals surface area contributed by atoms with Gasteiger partial charge in [0.2, 0.25) is 0 Å². The molecule has 1 aliphatic rings. The summed E-state index contributed by atoms with van der Waals surface area (Å²) in [6.45, 7) is 5.43. The second kappa shape index (κ2) is 6.97. The third-order valence-corrected chi connectivity index (χ3v) is 4.32. The average molecular weight is 303 g/mol. The van der Waals surface area contributed by atoms with Gasteiger partial charge in [-0.2, -0.15) is 0 Å². The number of aliphatic hydroxyl groups is 1. The number of aliphatic hydroxyl groups excluding tert-OH is 1. The lowest BCUT2D eigenvalue weighted by Crippen LogP contribution is -2.47. The van der Waals surface area contributed by atoms with E-state index in [2.05, 4.69) is 6.08 Å². The van der Waals surface area contributed by atoms with Crippen molar-refractivity contribution >= 4 is 5.91 Å². The third kappa shape index (κ3) is 3.89. The number of carbonyl (C=O) groups excluding carboxylic acids is 1. The summed E-state index contributed by atoms with van der Waals surface area (Å²) in [5.41, 5.74) is 1.47. The highest BCUT2D eigenvalue weighted by Crippen LogP contribution is 2.34. The molecule has 0 unspecified atom stereocenters. The van der Waals surface area contributed by atoms with Gasteiger partial charge in [0.05, 0.1) is 6.61 Å². The largest absolute Gasteiger partial charge is 0.508 e. The number of likely N-dealkylation sites (tertiary alicyclic amines) is 1. The molecular weight excluding hydrogens is 278 g/mol. The molecule has 22 heavy (non-hydrogen) atoms. The lowest BCUT2D eigenvalue weighted by atomic mass is 9.77. The lowest BCUT2D eigenvalue weighted by molar-refractivity contribution is 0.0284. The van der Waals surface area contributed by atoms with Crippen molar-refractivity contribution in [1.29, 1.82) is 0 Å². The fraction of sp³-hybridized carbons (Fsp3) is 0.500. The van der Waals surface area contributed by atoms with E-state index in [9.17, 15) is 15.0 Å².